The van der Waals surface area contributed by atoms with Crippen LogP contribution >= 0.6 is 0 Å². The highest BCUT2D eigenvalue weighted by Crippen LogP contribution is 2.27. The number of hydrogen-bond acceptors (Lipinski definition) is 3. The average Bonchev–Trinajstić information content (AvgIpc) is 2.85. The molecule has 20 heavy (non-hydrogen) atoms. The van der Waals surface area contributed by atoms with Crippen LogP contribution in [0.2, 0.25) is 0 Å². The summed E-state index contributed by atoms with van der Waals surface area (Å²) in [7, 11) is 1.66. The monoisotopic (exact) mass is 273 g/mol. The van der Waals surface area contributed by atoms with E-state index in [4.69, 9.17) is 10.5 Å². The first-order valence-electron chi connectivity index (χ1n) is 6.98. The molecule has 0 amide bonds. The fraction of sp³-hybridized carbons (Fsp3) is 0.438. The van der Waals surface area contributed by atoms with Crippen LogP contribution in [0.4, 0.5) is 0 Å². The van der Waals surface area contributed by atoms with Crippen molar-refractivity contribution in [3.05, 3.63) is 46.8 Å². The lowest BCUT2D eigenvalue weighted by atomic mass is 9.97. The summed E-state index contributed by atoms with van der Waals surface area (Å²) in [5.41, 5.74) is 11.2. The number of nitrogens with two attached hydrogens (primary N) is 1. The van der Waals surface area contributed by atoms with Crippen LogP contribution in [-0.4, -0.2) is 16.9 Å². The lowest BCUT2D eigenvalue weighted by Gasteiger charge is -2.17. The number of hydrogen-bond donors (Lipinski definition) is 1. The third kappa shape index (κ3) is 2.85. The Bertz CT molecular complexity index is 568. The number of benzene rings is 1. The van der Waals surface area contributed by atoms with E-state index in [9.17, 15) is 0 Å². The Hall–Kier alpha value is -1.81. The smallest absolute Gasteiger partial charge is 0.161 e. The van der Waals surface area contributed by atoms with Crippen molar-refractivity contribution in [2.45, 2.75) is 39.8 Å². The molecule has 0 aliphatic carbocycles. The number of rotatable bonds is 5. The Balaban J connectivity index is 2.30. The topological polar surface area (TPSA) is 53.1 Å². The van der Waals surface area contributed by atoms with E-state index < -0.39 is 0 Å². The van der Waals surface area contributed by atoms with E-state index in [1.165, 1.54) is 16.7 Å². The Kier molecular flexibility index (Phi) is 4.45. The van der Waals surface area contributed by atoms with Gasteiger partial charge in [0.2, 0.25) is 0 Å². The van der Waals surface area contributed by atoms with Crippen molar-refractivity contribution >= 4 is 0 Å². The molecule has 1 aromatic heterocycles. The number of ether oxygens (including phenoxy) is 1. The molecule has 0 fully saturated rings. The number of nitrogens with zero attached hydrogens (tertiary/aromatic N) is 2. The first kappa shape index (κ1) is 14.6. The van der Waals surface area contributed by atoms with E-state index in [1.54, 1.807) is 13.3 Å². The Labute approximate surface area is 120 Å². The maximum Gasteiger partial charge on any atom is 0.161 e. The molecule has 1 unspecified atom stereocenters. The van der Waals surface area contributed by atoms with Crippen LogP contribution in [0.1, 0.15) is 35.3 Å². The molecule has 4 heteroatoms. The summed E-state index contributed by atoms with van der Waals surface area (Å²) >= 11 is 0. The molecular formula is C16H23N3O. The molecule has 0 saturated heterocycles. The standard InChI is InChI=1S/C16H23N3O/c1-5-19-16(15(20-4)10-18-19)14(17)9-13-8-11(2)6-7-12(13)3/h6-8,10,14H,5,9,17H2,1-4H3. The van der Waals surface area contributed by atoms with Gasteiger partial charge in [0, 0.05) is 6.54 Å². The molecule has 2 aromatic rings. The second kappa shape index (κ2) is 6.09. The molecule has 0 spiro atoms. The molecule has 0 bridgehead atoms. The third-order valence-electron chi connectivity index (χ3n) is 3.66. The second-order valence-electron chi connectivity index (χ2n) is 5.15. The van der Waals surface area contributed by atoms with Gasteiger partial charge in [-0.05, 0) is 38.3 Å². The van der Waals surface area contributed by atoms with Crippen LogP contribution < -0.4 is 10.5 Å². The summed E-state index contributed by atoms with van der Waals surface area (Å²) in [5.74, 6) is 0.768. The molecule has 0 aliphatic rings. The van der Waals surface area contributed by atoms with Crippen LogP contribution in [0.5, 0.6) is 5.75 Å². The van der Waals surface area contributed by atoms with Crippen LogP contribution in [0, 0.1) is 13.8 Å². The predicted molar refractivity (Wildman–Crippen MR) is 81.0 cm³/mol. The zero-order valence-electron chi connectivity index (χ0n) is 12.7. The SMILES string of the molecule is CCn1ncc(OC)c1C(N)Cc1cc(C)ccc1C. The number of aromatic nitrogens is 2. The van der Waals surface area contributed by atoms with Crippen molar-refractivity contribution in [1.82, 2.24) is 9.78 Å². The lowest BCUT2D eigenvalue weighted by Crippen LogP contribution is -2.19. The van der Waals surface area contributed by atoms with Gasteiger partial charge in [-0.25, -0.2) is 0 Å². The van der Waals surface area contributed by atoms with Gasteiger partial charge in [-0.15, -0.1) is 0 Å². The van der Waals surface area contributed by atoms with Crippen molar-refractivity contribution in [3.63, 3.8) is 0 Å². The van der Waals surface area contributed by atoms with Gasteiger partial charge in [-0.1, -0.05) is 23.8 Å². The third-order valence-corrected chi connectivity index (χ3v) is 3.66. The molecule has 0 aliphatic heterocycles. The fourth-order valence-electron chi connectivity index (χ4n) is 2.51. The van der Waals surface area contributed by atoms with Crippen LogP contribution in [0.3, 0.4) is 0 Å². The van der Waals surface area contributed by atoms with E-state index in [1.807, 2.05) is 4.68 Å². The molecule has 1 atom stereocenters. The quantitative estimate of drug-likeness (QED) is 0.911. The fourth-order valence-corrected chi connectivity index (χ4v) is 2.51. The van der Waals surface area contributed by atoms with Crippen molar-refractivity contribution in [2.75, 3.05) is 7.11 Å². The maximum absolute atomic E-state index is 6.40. The molecule has 1 aromatic carbocycles. The van der Waals surface area contributed by atoms with E-state index in [-0.39, 0.29) is 6.04 Å². The van der Waals surface area contributed by atoms with Crippen LogP contribution in [0.15, 0.2) is 24.4 Å². The minimum absolute atomic E-state index is 0.118. The molecule has 2 N–H and O–H groups in total. The van der Waals surface area contributed by atoms with E-state index in [2.05, 4.69) is 44.1 Å². The van der Waals surface area contributed by atoms with Gasteiger partial charge in [0.05, 0.1) is 25.0 Å². The van der Waals surface area contributed by atoms with Gasteiger partial charge in [0.1, 0.15) is 0 Å². The van der Waals surface area contributed by atoms with Gasteiger partial charge >= 0.3 is 0 Å². The van der Waals surface area contributed by atoms with Gasteiger partial charge in [0.15, 0.2) is 5.75 Å². The van der Waals surface area contributed by atoms with Crippen LogP contribution in [0.25, 0.3) is 0 Å². The highest BCUT2D eigenvalue weighted by atomic mass is 16.5. The summed E-state index contributed by atoms with van der Waals surface area (Å²) in [6, 6.07) is 6.36. The Morgan fingerprint density at radius 3 is 2.75 bits per heavy atom. The molecule has 4 nitrogen and oxygen atoms in total. The van der Waals surface area contributed by atoms with Gasteiger partial charge in [0.25, 0.3) is 0 Å². The van der Waals surface area contributed by atoms with Gasteiger partial charge < -0.3 is 10.5 Å². The molecule has 0 radical (unpaired) electrons. The van der Waals surface area contributed by atoms with E-state index >= 15 is 0 Å². The first-order chi connectivity index (χ1) is 9.56. The highest BCUT2D eigenvalue weighted by molar-refractivity contribution is 5.34. The number of aryl methyl sites for hydroxylation is 3. The van der Waals surface area contributed by atoms with Crippen molar-refractivity contribution in [2.24, 2.45) is 5.73 Å². The van der Waals surface area contributed by atoms with E-state index in [0.29, 0.717) is 0 Å². The summed E-state index contributed by atoms with van der Waals surface area (Å²) in [4.78, 5) is 0. The summed E-state index contributed by atoms with van der Waals surface area (Å²) < 4.78 is 7.29. The zero-order chi connectivity index (χ0) is 14.7. The second-order valence-corrected chi connectivity index (χ2v) is 5.15. The van der Waals surface area contributed by atoms with Crippen molar-refractivity contribution in [1.29, 1.82) is 0 Å². The van der Waals surface area contributed by atoms with Crippen molar-refractivity contribution < 1.29 is 4.74 Å². The van der Waals surface area contributed by atoms with Gasteiger partial charge in [-0.2, -0.15) is 5.10 Å². The minimum Gasteiger partial charge on any atom is -0.493 e. The lowest BCUT2D eigenvalue weighted by molar-refractivity contribution is 0.401. The van der Waals surface area contributed by atoms with Crippen LogP contribution in [-0.2, 0) is 13.0 Å². The largest absolute Gasteiger partial charge is 0.493 e. The van der Waals surface area contributed by atoms with E-state index in [0.717, 1.165) is 24.4 Å². The average molecular weight is 273 g/mol. The normalized spacial score (nSPS) is 12.4. The van der Waals surface area contributed by atoms with Gasteiger partial charge in [-0.3, -0.25) is 4.68 Å². The zero-order valence-corrected chi connectivity index (χ0v) is 12.7. The predicted octanol–water partition coefficient (Wildman–Crippen LogP) is 2.77. The maximum atomic E-state index is 6.40. The highest BCUT2D eigenvalue weighted by Gasteiger charge is 2.19. The first-order valence-corrected chi connectivity index (χ1v) is 6.98. The Morgan fingerprint density at radius 1 is 1.35 bits per heavy atom. The molecular weight excluding hydrogens is 250 g/mol. The summed E-state index contributed by atoms with van der Waals surface area (Å²) in [6.07, 6.45) is 2.53. The summed E-state index contributed by atoms with van der Waals surface area (Å²) in [5, 5.41) is 4.32. The minimum atomic E-state index is -0.118. The summed E-state index contributed by atoms with van der Waals surface area (Å²) in [6.45, 7) is 7.07. The Morgan fingerprint density at radius 2 is 2.10 bits per heavy atom. The molecule has 0 saturated carbocycles. The molecule has 1 heterocycles. The van der Waals surface area contributed by atoms with Crippen molar-refractivity contribution in [3.8, 4) is 5.75 Å². The molecule has 108 valence electrons. The number of methoxy groups -OCH3 is 1. The molecule has 2 rings (SSSR count).